The van der Waals surface area contributed by atoms with Gasteiger partial charge in [0.1, 0.15) is 5.75 Å². The normalized spacial score (nSPS) is 8.38. The summed E-state index contributed by atoms with van der Waals surface area (Å²) in [6, 6.07) is 7.25. The third kappa shape index (κ3) is 4.00. The van der Waals surface area contributed by atoms with Gasteiger partial charge in [0.05, 0.1) is 0 Å². The van der Waals surface area contributed by atoms with E-state index in [1.165, 1.54) is 0 Å². The van der Waals surface area contributed by atoms with Gasteiger partial charge >= 0.3 is 5.97 Å². The molecule has 0 aromatic heterocycles. The molecular formula is C10H10O2Zn. The molecule has 0 N–H and O–H groups in total. The van der Waals surface area contributed by atoms with Crippen molar-refractivity contribution in [2.45, 2.75) is 6.92 Å². The molecule has 0 bridgehead atoms. The molecule has 1 aromatic rings. The molecule has 0 spiro atoms. The van der Waals surface area contributed by atoms with Gasteiger partial charge in [-0.2, -0.15) is 0 Å². The molecule has 0 amide bonds. The maximum absolute atomic E-state index is 10.7. The summed E-state index contributed by atoms with van der Waals surface area (Å²) >= 11 is 0. The van der Waals surface area contributed by atoms with Crippen molar-refractivity contribution < 1.29 is 29.0 Å². The number of esters is 1. The molecule has 0 aliphatic rings. The van der Waals surface area contributed by atoms with Crippen LogP contribution in [0.25, 0.3) is 0 Å². The van der Waals surface area contributed by atoms with Crippen molar-refractivity contribution in [1.29, 1.82) is 0 Å². The van der Waals surface area contributed by atoms with Gasteiger partial charge < -0.3 is 4.74 Å². The summed E-state index contributed by atoms with van der Waals surface area (Å²) in [6.45, 7) is 5.27. The fourth-order valence-corrected chi connectivity index (χ4v) is 0.764. The van der Waals surface area contributed by atoms with Gasteiger partial charge in [0.25, 0.3) is 0 Å². The molecule has 0 atom stereocenters. The van der Waals surface area contributed by atoms with E-state index in [1.807, 2.05) is 19.1 Å². The molecule has 13 heavy (non-hydrogen) atoms. The van der Waals surface area contributed by atoms with Gasteiger partial charge in [0.15, 0.2) is 0 Å². The van der Waals surface area contributed by atoms with E-state index >= 15 is 0 Å². The summed E-state index contributed by atoms with van der Waals surface area (Å²) in [5.41, 5.74) is 1.13. The number of carbonyl (C=O) groups is 1. The van der Waals surface area contributed by atoms with Crippen molar-refractivity contribution in [2.24, 2.45) is 0 Å². The quantitative estimate of drug-likeness (QED) is 0.335. The second-order valence-electron chi connectivity index (χ2n) is 2.44. The molecule has 2 nitrogen and oxygen atoms in total. The Morgan fingerprint density at radius 1 is 1.38 bits per heavy atom. The first-order valence-corrected chi connectivity index (χ1v) is 3.63. The van der Waals surface area contributed by atoms with Gasteiger partial charge in [-0.3, -0.25) is 0 Å². The van der Waals surface area contributed by atoms with Gasteiger partial charge in [-0.05, 0) is 19.1 Å². The van der Waals surface area contributed by atoms with Crippen LogP contribution in [0.2, 0.25) is 0 Å². The van der Waals surface area contributed by atoms with Crippen LogP contribution in [0.4, 0.5) is 0 Å². The van der Waals surface area contributed by atoms with Crippen molar-refractivity contribution in [3.63, 3.8) is 0 Å². The molecule has 0 aliphatic heterocycles. The van der Waals surface area contributed by atoms with Crippen molar-refractivity contribution in [1.82, 2.24) is 0 Å². The zero-order valence-electron chi connectivity index (χ0n) is 7.62. The summed E-state index contributed by atoms with van der Waals surface area (Å²) in [5.74, 6) is 0.115. The van der Waals surface area contributed by atoms with E-state index in [-0.39, 0.29) is 19.5 Å². The third-order valence-corrected chi connectivity index (χ3v) is 1.41. The maximum Gasteiger partial charge on any atom is 0.335 e. The van der Waals surface area contributed by atoms with Crippen LogP contribution >= 0.6 is 0 Å². The number of hydrogen-bond donors (Lipinski definition) is 0. The summed E-state index contributed by atoms with van der Waals surface area (Å²) in [4.78, 5) is 10.7. The minimum atomic E-state index is -0.432. The summed E-state index contributed by atoms with van der Waals surface area (Å²) < 4.78 is 4.86. The maximum atomic E-state index is 10.7. The molecule has 0 fully saturated rings. The number of aryl methyl sites for hydroxylation is 1. The molecule has 0 radical (unpaired) electrons. The Morgan fingerprint density at radius 2 is 1.92 bits per heavy atom. The van der Waals surface area contributed by atoms with E-state index < -0.39 is 5.97 Å². The van der Waals surface area contributed by atoms with Gasteiger partial charge in [-0.1, -0.05) is 24.3 Å². The molecule has 0 unspecified atom stereocenters. The number of carbonyl (C=O) groups excluding carboxylic acids is 1. The zero-order chi connectivity index (χ0) is 8.97. The van der Waals surface area contributed by atoms with Crippen molar-refractivity contribution >= 4 is 5.97 Å². The van der Waals surface area contributed by atoms with Crippen molar-refractivity contribution in [2.75, 3.05) is 0 Å². The van der Waals surface area contributed by atoms with Gasteiger partial charge in [-0.25, -0.2) is 4.79 Å². The predicted octanol–water partition coefficient (Wildman–Crippen LogP) is 2.08. The van der Waals surface area contributed by atoms with Crippen molar-refractivity contribution in [3.8, 4) is 5.75 Å². The molecular weight excluding hydrogens is 217 g/mol. The largest absolute Gasteiger partial charge is 0.423 e. The average molecular weight is 228 g/mol. The van der Waals surface area contributed by atoms with E-state index in [9.17, 15) is 4.79 Å². The average Bonchev–Trinajstić information content (AvgIpc) is 2.09. The first kappa shape index (κ1) is 12.1. The van der Waals surface area contributed by atoms with E-state index in [1.54, 1.807) is 12.1 Å². The van der Waals surface area contributed by atoms with E-state index in [0.717, 1.165) is 11.6 Å². The summed E-state index contributed by atoms with van der Waals surface area (Å²) in [7, 11) is 0. The second kappa shape index (κ2) is 5.66. The van der Waals surface area contributed by atoms with Gasteiger partial charge in [-0.15, -0.1) is 0 Å². The fourth-order valence-electron chi connectivity index (χ4n) is 0.764. The molecule has 0 aliphatic carbocycles. The van der Waals surface area contributed by atoms with Crippen LogP contribution in [0.5, 0.6) is 5.75 Å². The fraction of sp³-hybridized carbons (Fsp3) is 0.100. The molecule has 1 aromatic carbocycles. The first-order chi connectivity index (χ1) is 5.72. The van der Waals surface area contributed by atoms with E-state index in [2.05, 4.69) is 6.58 Å². The Balaban J connectivity index is 0.00000144. The minimum Gasteiger partial charge on any atom is -0.423 e. The Labute approximate surface area is 90.4 Å². The monoisotopic (exact) mass is 226 g/mol. The number of hydrogen-bond acceptors (Lipinski definition) is 2. The molecule has 0 saturated heterocycles. The molecule has 1 rings (SSSR count). The Kier molecular flexibility index (Phi) is 5.24. The second-order valence-corrected chi connectivity index (χ2v) is 2.44. The topological polar surface area (TPSA) is 26.3 Å². The number of benzene rings is 1. The summed E-state index contributed by atoms with van der Waals surface area (Å²) in [5, 5.41) is 0. The van der Waals surface area contributed by atoms with Crippen LogP contribution in [0, 0.1) is 6.92 Å². The number of ether oxygens (including phenoxy) is 1. The molecule has 0 saturated carbocycles. The van der Waals surface area contributed by atoms with Crippen molar-refractivity contribution in [3.05, 3.63) is 42.5 Å². The standard InChI is InChI=1S/C10H10O2.Zn/c1-3-10(11)12-9-6-4-8(2)5-7-9;/h3-7H,1H2,2H3;. The first-order valence-electron chi connectivity index (χ1n) is 3.63. The van der Waals surface area contributed by atoms with E-state index in [4.69, 9.17) is 4.74 Å². The smallest absolute Gasteiger partial charge is 0.335 e. The molecule has 0 heterocycles. The number of rotatable bonds is 2. The van der Waals surface area contributed by atoms with Crippen LogP contribution < -0.4 is 4.74 Å². The Morgan fingerprint density at radius 3 is 2.38 bits per heavy atom. The van der Waals surface area contributed by atoms with Crippen LogP contribution in [-0.4, -0.2) is 5.97 Å². The van der Waals surface area contributed by atoms with Crippen LogP contribution in [0.1, 0.15) is 5.56 Å². The van der Waals surface area contributed by atoms with Crippen LogP contribution in [0.3, 0.4) is 0 Å². The van der Waals surface area contributed by atoms with E-state index in [0.29, 0.717) is 5.75 Å². The van der Waals surface area contributed by atoms with Crippen LogP contribution in [-0.2, 0) is 24.3 Å². The summed E-state index contributed by atoms with van der Waals surface area (Å²) in [6.07, 6.45) is 1.14. The van der Waals surface area contributed by atoms with Gasteiger partial charge in [0, 0.05) is 25.6 Å². The molecule has 64 valence electrons. The van der Waals surface area contributed by atoms with Crippen LogP contribution in [0.15, 0.2) is 36.9 Å². The Bertz CT molecular complexity index is 290. The third-order valence-electron chi connectivity index (χ3n) is 1.41. The minimum absolute atomic E-state index is 0. The SMILES string of the molecule is C=CC(=O)Oc1ccc(C)cc1.[Zn]. The molecule has 3 heteroatoms. The zero-order valence-corrected chi connectivity index (χ0v) is 10.6. The van der Waals surface area contributed by atoms with Gasteiger partial charge in [0.2, 0.25) is 0 Å². The predicted molar refractivity (Wildman–Crippen MR) is 47.0 cm³/mol. The Hall–Kier alpha value is -0.947.